The van der Waals surface area contributed by atoms with E-state index in [-0.39, 0.29) is 15.7 Å². The summed E-state index contributed by atoms with van der Waals surface area (Å²) >= 11 is 5.51. The Kier molecular flexibility index (Phi) is 3.78. The predicted octanol–water partition coefficient (Wildman–Crippen LogP) is 3.56. The van der Waals surface area contributed by atoms with E-state index in [4.69, 9.17) is 15.8 Å². The van der Waals surface area contributed by atoms with E-state index in [9.17, 15) is 12.8 Å². The first-order valence-corrected chi connectivity index (χ1v) is 7.13. The summed E-state index contributed by atoms with van der Waals surface area (Å²) in [4.78, 5) is 0.00783. The first-order chi connectivity index (χ1) is 8.88. The summed E-state index contributed by atoms with van der Waals surface area (Å²) in [7, 11) is -3.97. The van der Waals surface area contributed by atoms with E-state index in [0.717, 1.165) is 11.6 Å². The van der Waals surface area contributed by atoms with Gasteiger partial charge in [-0.25, -0.2) is 4.39 Å². The normalized spacial score (nSPS) is 11.3. The maximum absolute atomic E-state index is 13.2. The van der Waals surface area contributed by atoms with Gasteiger partial charge in [0.05, 0.1) is 5.02 Å². The Balaban J connectivity index is 2.30. The molecule has 0 aliphatic carbocycles. The van der Waals surface area contributed by atoms with Crippen molar-refractivity contribution in [1.82, 2.24) is 0 Å². The van der Waals surface area contributed by atoms with Gasteiger partial charge in [-0.2, -0.15) is 8.42 Å². The van der Waals surface area contributed by atoms with Gasteiger partial charge in [0.15, 0.2) is 0 Å². The van der Waals surface area contributed by atoms with Crippen LogP contribution in [-0.4, -0.2) is 8.42 Å². The number of benzene rings is 2. The second kappa shape index (κ2) is 5.19. The zero-order chi connectivity index (χ0) is 14.0. The van der Waals surface area contributed by atoms with Gasteiger partial charge in [-0.1, -0.05) is 29.3 Å². The molecule has 0 spiro atoms. The third-order valence-electron chi connectivity index (χ3n) is 2.41. The zero-order valence-corrected chi connectivity index (χ0v) is 11.5. The Bertz CT molecular complexity index is 696. The van der Waals surface area contributed by atoms with Gasteiger partial charge >= 0.3 is 10.1 Å². The van der Waals surface area contributed by atoms with Crippen molar-refractivity contribution in [1.29, 1.82) is 0 Å². The number of halogens is 2. The Morgan fingerprint density at radius 1 is 1.11 bits per heavy atom. The second-order valence-electron chi connectivity index (χ2n) is 3.93. The van der Waals surface area contributed by atoms with Gasteiger partial charge in [-0.05, 0) is 31.2 Å². The van der Waals surface area contributed by atoms with E-state index in [2.05, 4.69) is 0 Å². The largest absolute Gasteiger partial charge is 0.379 e. The molecule has 0 unspecified atom stereocenters. The molecule has 0 aliphatic rings. The van der Waals surface area contributed by atoms with Crippen molar-refractivity contribution < 1.29 is 17.0 Å². The van der Waals surface area contributed by atoms with Crippen molar-refractivity contribution in [3.8, 4) is 5.75 Å². The zero-order valence-electron chi connectivity index (χ0n) is 9.93. The summed E-state index contributed by atoms with van der Waals surface area (Å²) in [5.41, 5.74) is 0.927. The minimum absolute atomic E-state index is 0.00783. The lowest BCUT2D eigenvalue weighted by Crippen LogP contribution is -2.09. The van der Waals surface area contributed by atoms with Crippen molar-refractivity contribution in [2.45, 2.75) is 11.8 Å². The van der Waals surface area contributed by atoms with Gasteiger partial charge in [0.1, 0.15) is 16.5 Å². The average Bonchev–Trinajstić information content (AvgIpc) is 2.34. The molecule has 0 heterocycles. The molecule has 0 aromatic heterocycles. The molecule has 100 valence electrons. The third kappa shape index (κ3) is 3.24. The molecular formula is C13H10ClFO3S. The highest BCUT2D eigenvalue weighted by Gasteiger charge is 2.17. The van der Waals surface area contributed by atoms with Gasteiger partial charge in [-0.15, -0.1) is 0 Å². The Hall–Kier alpha value is -1.59. The van der Waals surface area contributed by atoms with E-state index in [1.165, 1.54) is 24.3 Å². The van der Waals surface area contributed by atoms with Crippen LogP contribution in [0.2, 0.25) is 5.02 Å². The molecule has 0 fully saturated rings. The first kappa shape index (κ1) is 13.8. The highest BCUT2D eigenvalue weighted by molar-refractivity contribution is 7.87. The van der Waals surface area contributed by atoms with Crippen LogP contribution in [-0.2, 0) is 10.1 Å². The van der Waals surface area contributed by atoms with Gasteiger partial charge < -0.3 is 4.18 Å². The quantitative estimate of drug-likeness (QED) is 0.814. The Labute approximate surface area is 115 Å². The number of hydrogen-bond acceptors (Lipinski definition) is 3. The highest BCUT2D eigenvalue weighted by Crippen LogP contribution is 2.23. The molecule has 2 aromatic rings. The second-order valence-corrected chi connectivity index (χ2v) is 5.88. The molecule has 6 heteroatoms. The molecule has 3 nitrogen and oxygen atoms in total. The van der Waals surface area contributed by atoms with Crippen LogP contribution in [0.25, 0.3) is 0 Å². The van der Waals surface area contributed by atoms with Crippen LogP contribution in [0.15, 0.2) is 47.4 Å². The molecule has 0 N–H and O–H groups in total. The van der Waals surface area contributed by atoms with Crippen molar-refractivity contribution in [2.75, 3.05) is 0 Å². The van der Waals surface area contributed by atoms with Gasteiger partial charge in [0.25, 0.3) is 0 Å². The summed E-state index contributed by atoms with van der Waals surface area (Å²) < 4.78 is 41.9. The molecule has 19 heavy (non-hydrogen) atoms. The van der Waals surface area contributed by atoms with Crippen molar-refractivity contribution >= 4 is 21.7 Å². The topological polar surface area (TPSA) is 43.4 Å². The first-order valence-electron chi connectivity index (χ1n) is 5.35. The van der Waals surface area contributed by atoms with E-state index >= 15 is 0 Å². The third-order valence-corrected chi connectivity index (χ3v) is 3.97. The van der Waals surface area contributed by atoms with Crippen molar-refractivity contribution in [3.63, 3.8) is 0 Å². The maximum Gasteiger partial charge on any atom is 0.339 e. The fraction of sp³-hybridized carbons (Fsp3) is 0.0769. The standard InChI is InChI=1S/C13H10ClFO3S/c1-9-2-5-11(6-3-9)19(16,17)18-10-4-7-12(14)13(15)8-10/h2-8H,1H3. The lowest BCUT2D eigenvalue weighted by Gasteiger charge is -2.07. The van der Waals surface area contributed by atoms with E-state index in [0.29, 0.717) is 0 Å². The van der Waals surface area contributed by atoms with Gasteiger partial charge in [0.2, 0.25) is 0 Å². The number of rotatable bonds is 3. The summed E-state index contributed by atoms with van der Waals surface area (Å²) in [6, 6.07) is 9.60. The van der Waals surface area contributed by atoms with Crippen LogP contribution in [0.1, 0.15) is 5.56 Å². The molecular weight excluding hydrogens is 291 g/mol. The van der Waals surface area contributed by atoms with Crippen LogP contribution in [0.5, 0.6) is 5.75 Å². The molecule has 0 aliphatic heterocycles. The van der Waals surface area contributed by atoms with Crippen LogP contribution in [0.4, 0.5) is 4.39 Å². The molecule has 0 atom stereocenters. The summed E-state index contributed by atoms with van der Waals surface area (Å²) in [6.45, 7) is 1.84. The minimum atomic E-state index is -3.97. The summed E-state index contributed by atoms with van der Waals surface area (Å²) in [5, 5.41) is -0.0971. The summed E-state index contributed by atoms with van der Waals surface area (Å²) in [5.74, 6) is -0.860. The minimum Gasteiger partial charge on any atom is -0.379 e. The van der Waals surface area contributed by atoms with Crippen LogP contribution in [0, 0.1) is 12.7 Å². The van der Waals surface area contributed by atoms with Gasteiger partial charge in [0, 0.05) is 6.07 Å². The molecule has 0 saturated heterocycles. The highest BCUT2D eigenvalue weighted by atomic mass is 35.5. The Morgan fingerprint density at radius 3 is 2.32 bits per heavy atom. The van der Waals surface area contributed by atoms with Gasteiger partial charge in [-0.3, -0.25) is 0 Å². The van der Waals surface area contributed by atoms with E-state index in [1.54, 1.807) is 12.1 Å². The molecule has 0 radical (unpaired) electrons. The Morgan fingerprint density at radius 2 is 1.74 bits per heavy atom. The van der Waals surface area contributed by atoms with E-state index < -0.39 is 15.9 Å². The van der Waals surface area contributed by atoms with Crippen LogP contribution >= 0.6 is 11.6 Å². The lowest BCUT2D eigenvalue weighted by molar-refractivity contribution is 0.483. The molecule has 2 rings (SSSR count). The summed E-state index contributed by atoms with van der Waals surface area (Å²) in [6.07, 6.45) is 0. The lowest BCUT2D eigenvalue weighted by atomic mass is 10.2. The molecule has 0 saturated carbocycles. The smallest absolute Gasteiger partial charge is 0.339 e. The van der Waals surface area contributed by atoms with Crippen molar-refractivity contribution in [3.05, 3.63) is 58.9 Å². The fourth-order valence-corrected chi connectivity index (χ4v) is 2.45. The molecule has 0 bridgehead atoms. The molecule has 0 amide bonds. The average molecular weight is 301 g/mol. The number of aryl methyl sites for hydroxylation is 1. The maximum atomic E-state index is 13.2. The van der Waals surface area contributed by atoms with Crippen LogP contribution in [0.3, 0.4) is 0 Å². The molecule has 2 aromatic carbocycles. The fourth-order valence-electron chi connectivity index (χ4n) is 1.41. The SMILES string of the molecule is Cc1ccc(S(=O)(=O)Oc2ccc(Cl)c(F)c2)cc1. The predicted molar refractivity (Wildman–Crippen MR) is 70.4 cm³/mol. The monoisotopic (exact) mass is 300 g/mol. The van der Waals surface area contributed by atoms with Crippen LogP contribution < -0.4 is 4.18 Å². The number of hydrogen-bond donors (Lipinski definition) is 0. The van der Waals surface area contributed by atoms with Crippen molar-refractivity contribution in [2.24, 2.45) is 0 Å². The van der Waals surface area contributed by atoms with E-state index in [1.807, 2.05) is 6.92 Å².